The third-order valence-corrected chi connectivity index (χ3v) is 2.69. The number of rotatable bonds is 2. The fourth-order valence-electron chi connectivity index (χ4n) is 1.68. The molecule has 1 saturated carbocycles. The lowest BCUT2D eigenvalue weighted by Gasteiger charge is -2.23. The number of carbonyl (C=O) groups excluding carboxylic acids is 2. The van der Waals surface area contributed by atoms with Gasteiger partial charge in [-0.25, -0.2) is 0 Å². The number of amides is 1. The van der Waals surface area contributed by atoms with Gasteiger partial charge in [0.25, 0.3) is 0 Å². The van der Waals surface area contributed by atoms with Crippen molar-refractivity contribution < 1.29 is 13.9 Å². The summed E-state index contributed by atoms with van der Waals surface area (Å²) in [4.78, 5) is 21.8. The summed E-state index contributed by atoms with van der Waals surface area (Å²) in [5.74, 6) is -0.922. The first kappa shape index (κ1) is 10.3. The average molecular weight is 206 g/mol. The van der Waals surface area contributed by atoms with Gasteiger partial charge < -0.3 is 10.0 Å². The normalized spacial score (nSPS) is 28.1. The number of hydrogen-bond acceptors (Lipinski definition) is 3. The van der Waals surface area contributed by atoms with Crippen molar-refractivity contribution in [1.29, 1.82) is 0 Å². The largest absolute Gasteiger partial charge is 0.369 e. The van der Waals surface area contributed by atoms with Crippen molar-refractivity contribution in [3.05, 3.63) is 0 Å². The molecule has 0 aromatic carbocycles. The molecule has 4 nitrogen and oxygen atoms in total. The molecule has 1 aliphatic carbocycles. The van der Waals surface area contributed by atoms with Crippen LogP contribution in [0.15, 0.2) is 0 Å². The molecule has 1 amide bonds. The lowest BCUT2D eigenvalue weighted by Crippen LogP contribution is -2.30. The van der Waals surface area contributed by atoms with Crippen LogP contribution in [0.25, 0.3) is 0 Å². The van der Waals surface area contributed by atoms with Crippen molar-refractivity contribution in [3.63, 3.8) is 0 Å². The van der Waals surface area contributed by atoms with Crippen LogP contribution in [0.4, 0.5) is 0 Å². The van der Waals surface area contributed by atoms with Gasteiger partial charge in [-0.15, -0.1) is 0 Å². The Morgan fingerprint density at radius 2 is 1.62 bits per heavy atom. The number of primary amides is 1. The first-order valence-corrected chi connectivity index (χ1v) is 4.57. The zero-order valence-corrected chi connectivity index (χ0v) is 7.92. The molecule has 0 spiro atoms. The van der Waals surface area contributed by atoms with Gasteiger partial charge in [-0.05, 0) is 25.7 Å². The van der Waals surface area contributed by atoms with Gasteiger partial charge >= 0.3 is 5.97 Å². The van der Waals surface area contributed by atoms with Crippen LogP contribution in [0, 0.1) is 11.8 Å². The standard InChI is InChI=1S/C8H12ClNO3/c9-13-8(12)6-3-1-5(2-4-6)7(10)11/h5-6H,1-4H2,(H2,10,11). The van der Waals surface area contributed by atoms with E-state index in [1.807, 2.05) is 0 Å². The molecule has 0 radical (unpaired) electrons. The van der Waals surface area contributed by atoms with E-state index < -0.39 is 5.97 Å². The van der Waals surface area contributed by atoms with Gasteiger partial charge in [0.1, 0.15) is 11.9 Å². The highest BCUT2D eigenvalue weighted by molar-refractivity contribution is 6.13. The molecule has 0 unspecified atom stereocenters. The highest BCUT2D eigenvalue weighted by Gasteiger charge is 2.29. The van der Waals surface area contributed by atoms with Crippen LogP contribution >= 0.6 is 11.9 Å². The molecule has 0 aromatic heterocycles. The molecule has 0 aliphatic heterocycles. The average Bonchev–Trinajstić information content (AvgIpc) is 2.17. The van der Waals surface area contributed by atoms with E-state index in [-0.39, 0.29) is 17.7 Å². The monoisotopic (exact) mass is 205 g/mol. The Morgan fingerprint density at radius 1 is 1.15 bits per heavy atom. The van der Waals surface area contributed by atoms with E-state index in [2.05, 4.69) is 4.29 Å². The molecule has 1 fully saturated rings. The second-order valence-electron chi connectivity index (χ2n) is 3.35. The van der Waals surface area contributed by atoms with Gasteiger partial charge in [-0.2, -0.15) is 0 Å². The predicted molar refractivity (Wildman–Crippen MR) is 46.6 cm³/mol. The van der Waals surface area contributed by atoms with Crippen LogP contribution in [0.1, 0.15) is 25.7 Å². The minimum absolute atomic E-state index is 0.0839. The van der Waals surface area contributed by atoms with Crippen LogP contribution in [-0.4, -0.2) is 11.9 Å². The highest BCUT2D eigenvalue weighted by Crippen LogP contribution is 2.29. The second-order valence-corrected chi connectivity index (χ2v) is 3.50. The van der Waals surface area contributed by atoms with E-state index in [9.17, 15) is 9.59 Å². The summed E-state index contributed by atoms with van der Waals surface area (Å²) in [7, 11) is 0. The van der Waals surface area contributed by atoms with Crippen LogP contribution in [0.2, 0.25) is 0 Å². The van der Waals surface area contributed by atoms with Crippen LogP contribution in [-0.2, 0) is 13.9 Å². The summed E-state index contributed by atoms with van der Waals surface area (Å²) < 4.78 is 4.10. The minimum Gasteiger partial charge on any atom is -0.369 e. The smallest absolute Gasteiger partial charge is 0.327 e. The third-order valence-electron chi connectivity index (χ3n) is 2.54. The van der Waals surface area contributed by atoms with E-state index >= 15 is 0 Å². The van der Waals surface area contributed by atoms with Crippen molar-refractivity contribution in [3.8, 4) is 0 Å². The maximum Gasteiger partial charge on any atom is 0.327 e. The molecule has 5 heteroatoms. The Bertz CT molecular complexity index is 211. The van der Waals surface area contributed by atoms with Crippen molar-refractivity contribution >= 4 is 23.7 Å². The van der Waals surface area contributed by atoms with E-state index in [0.29, 0.717) is 25.7 Å². The zero-order chi connectivity index (χ0) is 9.84. The Morgan fingerprint density at radius 3 is 2.00 bits per heavy atom. The Kier molecular flexibility index (Phi) is 3.54. The molecule has 0 bridgehead atoms. The summed E-state index contributed by atoms with van der Waals surface area (Å²) in [6, 6.07) is 0. The fourth-order valence-corrected chi connectivity index (χ4v) is 1.80. The Hall–Kier alpha value is -0.770. The Labute approximate surface area is 81.5 Å². The lowest BCUT2D eigenvalue weighted by atomic mass is 9.82. The van der Waals surface area contributed by atoms with Crippen LogP contribution < -0.4 is 5.73 Å². The lowest BCUT2D eigenvalue weighted by molar-refractivity contribution is -0.140. The van der Waals surface area contributed by atoms with E-state index in [4.69, 9.17) is 17.6 Å². The number of carbonyl (C=O) groups is 2. The number of nitrogens with two attached hydrogens (primary N) is 1. The minimum atomic E-state index is -0.399. The van der Waals surface area contributed by atoms with Gasteiger partial charge in [-0.1, -0.05) is 0 Å². The molecular weight excluding hydrogens is 194 g/mol. The predicted octanol–water partition coefficient (Wildman–Crippen LogP) is 0.975. The molecule has 13 heavy (non-hydrogen) atoms. The molecular formula is C8H12ClNO3. The molecule has 0 atom stereocenters. The quantitative estimate of drug-likeness (QED) is 0.731. The van der Waals surface area contributed by atoms with Gasteiger partial charge in [0, 0.05) is 5.92 Å². The van der Waals surface area contributed by atoms with Gasteiger partial charge in [-0.3, -0.25) is 9.59 Å². The maximum atomic E-state index is 11.0. The van der Waals surface area contributed by atoms with E-state index in [1.165, 1.54) is 0 Å². The fraction of sp³-hybridized carbons (Fsp3) is 0.750. The molecule has 1 rings (SSSR count). The first-order valence-electron chi connectivity index (χ1n) is 4.27. The summed E-state index contributed by atoms with van der Waals surface area (Å²) in [6.07, 6.45) is 2.59. The van der Waals surface area contributed by atoms with E-state index in [0.717, 1.165) is 0 Å². The molecule has 0 heterocycles. The molecule has 0 saturated heterocycles. The topological polar surface area (TPSA) is 69.4 Å². The summed E-state index contributed by atoms with van der Waals surface area (Å²) in [6.45, 7) is 0. The van der Waals surface area contributed by atoms with Crippen LogP contribution in [0.3, 0.4) is 0 Å². The summed E-state index contributed by atoms with van der Waals surface area (Å²) in [5, 5.41) is 0. The summed E-state index contributed by atoms with van der Waals surface area (Å²) in [5.41, 5.74) is 5.14. The second kappa shape index (κ2) is 4.46. The summed E-state index contributed by atoms with van der Waals surface area (Å²) >= 11 is 4.94. The number of hydrogen-bond donors (Lipinski definition) is 1. The Balaban J connectivity index is 2.39. The van der Waals surface area contributed by atoms with Crippen molar-refractivity contribution in [2.75, 3.05) is 0 Å². The van der Waals surface area contributed by atoms with Crippen molar-refractivity contribution in [2.24, 2.45) is 17.6 Å². The molecule has 0 aromatic rings. The van der Waals surface area contributed by atoms with Crippen molar-refractivity contribution in [2.45, 2.75) is 25.7 Å². The van der Waals surface area contributed by atoms with Gasteiger partial charge in [0.05, 0.1) is 5.92 Å². The maximum absolute atomic E-state index is 11.0. The van der Waals surface area contributed by atoms with E-state index in [1.54, 1.807) is 0 Å². The molecule has 74 valence electrons. The highest BCUT2D eigenvalue weighted by atomic mass is 35.5. The molecule has 1 aliphatic rings. The number of halogens is 1. The van der Waals surface area contributed by atoms with Gasteiger partial charge in [0.15, 0.2) is 0 Å². The zero-order valence-electron chi connectivity index (χ0n) is 7.16. The van der Waals surface area contributed by atoms with Gasteiger partial charge in [0.2, 0.25) is 5.91 Å². The van der Waals surface area contributed by atoms with Crippen LogP contribution in [0.5, 0.6) is 0 Å². The first-order chi connectivity index (χ1) is 6.15. The molecule has 2 N–H and O–H groups in total. The third kappa shape index (κ3) is 2.59. The van der Waals surface area contributed by atoms with Crippen molar-refractivity contribution in [1.82, 2.24) is 0 Å². The SMILES string of the molecule is NC(=O)C1CCC(C(=O)OCl)CC1.